The molecule has 94 valence electrons. The monoisotopic (exact) mass is 239 g/mol. The van der Waals surface area contributed by atoms with Crippen LogP contribution in [0.4, 0.5) is 0 Å². The molecular formula is C12H17NO4. The lowest BCUT2D eigenvalue weighted by Crippen LogP contribution is -2.25. The summed E-state index contributed by atoms with van der Waals surface area (Å²) in [6, 6.07) is 5.00. The Kier molecular flexibility index (Phi) is 4.78. The maximum atomic E-state index is 11.8. The standard InChI is InChI=1S/C12H17NO4/c1-5-17-11-8-9(6-7-10(11)15-3)12(14)13(2)16-4/h6-8H,5H2,1-4H3. The van der Waals surface area contributed by atoms with E-state index in [1.165, 1.54) is 7.11 Å². The van der Waals surface area contributed by atoms with E-state index in [9.17, 15) is 4.79 Å². The van der Waals surface area contributed by atoms with Crippen molar-refractivity contribution in [3.05, 3.63) is 23.8 Å². The second kappa shape index (κ2) is 6.10. The zero-order valence-corrected chi connectivity index (χ0v) is 10.5. The third-order valence-corrected chi connectivity index (χ3v) is 2.27. The third kappa shape index (κ3) is 3.10. The Hall–Kier alpha value is -1.75. The van der Waals surface area contributed by atoms with Gasteiger partial charge in [0.1, 0.15) is 0 Å². The molecule has 1 amide bonds. The van der Waals surface area contributed by atoms with Crippen LogP contribution in [-0.2, 0) is 4.84 Å². The Balaban J connectivity index is 3.03. The summed E-state index contributed by atoms with van der Waals surface area (Å²) in [5, 5.41) is 1.15. The minimum Gasteiger partial charge on any atom is -0.493 e. The van der Waals surface area contributed by atoms with Crippen molar-refractivity contribution < 1.29 is 19.1 Å². The lowest BCUT2D eigenvalue weighted by molar-refractivity contribution is -0.0757. The number of rotatable bonds is 5. The fraction of sp³-hybridized carbons (Fsp3) is 0.417. The van der Waals surface area contributed by atoms with Crippen molar-refractivity contribution in [2.24, 2.45) is 0 Å². The number of methoxy groups -OCH3 is 1. The molecule has 0 bridgehead atoms. The first-order valence-corrected chi connectivity index (χ1v) is 5.27. The van der Waals surface area contributed by atoms with Crippen molar-refractivity contribution >= 4 is 5.91 Å². The molecule has 0 saturated heterocycles. The summed E-state index contributed by atoms with van der Waals surface area (Å²) in [5.74, 6) is 0.907. The van der Waals surface area contributed by atoms with Crippen molar-refractivity contribution in [2.45, 2.75) is 6.92 Å². The van der Waals surface area contributed by atoms with E-state index in [1.807, 2.05) is 6.92 Å². The summed E-state index contributed by atoms with van der Waals surface area (Å²) in [6.45, 7) is 2.38. The van der Waals surface area contributed by atoms with Crippen molar-refractivity contribution in [3.8, 4) is 11.5 Å². The Bertz CT molecular complexity index is 392. The number of hydrogen-bond acceptors (Lipinski definition) is 4. The van der Waals surface area contributed by atoms with Gasteiger partial charge in [0.2, 0.25) is 0 Å². The lowest BCUT2D eigenvalue weighted by Gasteiger charge is -2.15. The van der Waals surface area contributed by atoms with Gasteiger partial charge in [-0.1, -0.05) is 0 Å². The minimum absolute atomic E-state index is 0.240. The highest BCUT2D eigenvalue weighted by Crippen LogP contribution is 2.28. The molecule has 1 aromatic carbocycles. The van der Waals surface area contributed by atoms with E-state index in [2.05, 4.69) is 0 Å². The number of hydroxylamine groups is 2. The zero-order valence-electron chi connectivity index (χ0n) is 10.5. The number of carbonyl (C=O) groups is 1. The SMILES string of the molecule is CCOc1cc(C(=O)N(C)OC)ccc1OC. The average molecular weight is 239 g/mol. The maximum absolute atomic E-state index is 11.8. The molecule has 5 heteroatoms. The number of hydrogen-bond donors (Lipinski definition) is 0. The normalized spacial score (nSPS) is 9.88. The van der Waals surface area contributed by atoms with E-state index in [4.69, 9.17) is 14.3 Å². The molecule has 0 aromatic heterocycles. The van der Waals surface area contributed by atoms with Gasteiger partial charge in [0.05, 0.1) is 20.8 Å². The van der Waals surface area contributed by atoms with Gasteiger partial charge in [-0.05, 0) is 25.1 Å². The second-order valence-electron chi connectivity index (χ2n) is 3.28. The highest BCUT2D eigenvalue weighted by atomic mass is 16.7. The van der Waals surface area contributed by atoms with E-state index < -0.39 is 0 Å². The molecule has 0 aliphatic heterocycles. The predicted molar refractivity (Wildman–Crippen MR) is 63.3 cm³/mol. The van der Waals surface area contributed by atoms with Crippen LogP contribution >= 0.6 is 0 Å². The van der Waals surface area contributed by atoms with Crippen LogP contribution in [0.2, 0.25) is 0 Å². The van der Waals surface area contributed by atoms with Crippen molar-refractivity contribution in [1.29, 1.82) is 0 Å². The molecule has 0 spiro atoms. The molecule has 0 atom stereocenters. The Morgan fingerprint density at radius 3 is 2.53 bits per heavy atom. The molecule has 0 saturated carbocycles. The number of nitrogens with zero attached hydrogens (tertiary/aromatic N) is 1. The van der Waals surface area contributed by atoms with Crippen molar-refractivity contribution in [1.82, 2.24) is 5.06 Å². The Labute approximate surface area is 101 Å². The Morgan fingerprint density at radius 2 is 2.00 bits per heavy atom. The van der Waals surface area contributed by atoms with E-state index in [0.29, 0.717) is 23.7 Å². The van der Waals surface area contributed by atoms with E-state index in [-0.39, 0.29) is 5.91 Å². The van der Waals surface area contributed by atoms with Crippen LogP contribution in [0.3, 0.4) is 0 Å². The van der Waals surface area contributed by atoms with Crippen molar-refractivity contribution in [3.63, 3.8) is 0 Å². The summed E-state index contributed by atoms with van der Waals surface area (Å²) in [5.41, 5.74) is 0.485. The van der Waals surface area contributed by atoms with Crippen LogP contribution in [0.5, 0.6) is 11.5 Å². The fourth-order valence-corrected chi connectivity index (χ4v) is 1.34. The maximum Gasteiger partial charge on any atom is 0.277 e. The summed E-state index contributed by atoms with van der Waals surface area (Å²) in [6.07, 6.45) is 0. The van der Waals surface area contributed by atoms with Crippen LogP contribution < -0.4 is 9.47 Å². The molecule has 1 rings (SSSR count). The van der Waals surface area contributed by atoms with Gasteiger partial charge < -0.3 is 9.47 Å². The summed E-state index contributed by atoms with van der Waals surface area (Å²) < 4.78 is 10.5. The lowest BCUT2D eigenvalue weighted by atomic mass is 10.2. The number of benzene rings is 1. The van der Waals surface area contributed by atoms with Gasteiger partial charge in [-0.3, -0.25) is 9.63 Å². The molecule has 0 radical (unpaired) electrons. The summed E-state index contributed by atoms with van der Waals surface area (Å²) >= 11 is 0. The quantitative estimate of drug-likeness (QED) is 0.734. The van der Waals surface area contributed by atoms with Crippen LogP contribution in [-0.4, -0.2) is 38.8 Å². The van der Waals surface area contributed by atoms with Gasteiger partial charge in [0, 0.05) is 12.6 Å². The van der Waals surface area contributed by atoms with E-state index >= 15 is 0 Å². The molecule has 17 heavy (non-hydrogen) atoms. The minimum atomic E-state index is -0.240. The molecule has 0 aliphatic rings. The molecular weight excluding hydrogens is 222 g/mol. The molecule has 0 fully saturated rings. The van der Waals surface area contributed by atoms with Gasteiger partial charge >= 0.3 is 0 Å². The van der Waals surface area contributed by atoms with Crippen LogP contribution in [0.1, 0.15) is 17.3 Å². The third-order valence-electron chi connectivity index (χ3n) is 2.27. The first-order valence-electron chi connectivity index (χ1n) is 5.27. The van der Waals surface area contributed by atoms with E-state index in [1.54, 1.807) is 32.4 Å². The zero-order chi connectivity index (χ0) is 12.8. The summed E-state index contributed by atoms with van der Waals surface area (Å²) in [7, 11) is 4.54. The topological polar surface area (TPSA) is 48.0 Å². The first kappa shape index (κ1) is 13.3. The van der Waals surface area contributed by atoms with Crippen LogP contribution in [0, 0.1) is 0 Å². The second-order valence-corrected chi connectivity index (χ2v) is 3.28. The first-order chi connectivity index (χ1) is 8.13. The summed E-state index contributed by atoms with van der Waals surface area (Å²) in [4.78, 5) is 16.7. The molecule has 5 nitrogen and oxygen atoms in total. The van der Waals surface area contributed by atoms with Crippen LogP contribution in [0.25, 0.3) is 0 Å². The number of amides is 1. The molecule has 0 heterocycles. The van der Waals surface area contributed by atoms with Gasteiger partial charge in [0.15, 0.2) is 11.5 Å². The highest BCUT2D eigenvalue weighted by molar-refractivity contribution is 5.94. The highest BCUT2D eigenvalue weighted by Gasteiger charge is 2.14. The smallest absolute Gasteiger partial charge is 0.277 e. The van der Waals surface area contributed by atoms with Crippen molar-refractivity contribution in [2.75, 3.05) is 27.9 Å². The Morgan fingerprint density at radius 1 is 1.29 bits per heavy atom. The molecule has 0 unspecified atom stereocenters. The number of carbonyl (C=O) groups excluding carboxylic acids is 1. The van der Waals surface area contributed by atoms with Gasteiger partial charge in [-0.2, -0.15) is 0 Å². The van der Waals surface area contributed by atoms with Crippen LogP contribution in [0.15, 0.2) is 18.2 Å². The predicted octanol–water partition coefficient (Wildman–Crippen LogP) is 1.73. The van der Waals surface area contributed by atoms with E-state index in [0.717, 1.165) is 5.06 Å². The molecule has 0 aliphatic carbocycles. The van der Waals surface area contributed by atoms with Gasteiger partial charge in [-0.25, -0.2) is 5.06 Å². The molecule has 0 N–H and O–H groups in total. The van der Waals surface area contributed by atoms with Gasteiger partial charge in [-0.15, -0.1) is 0 Å². The van der Waals surface area contributed by atoms with Gasteiger partial charge in [0.25, 0.3) is 5.91 Å². The fourth-order valence-electron chi connectivity index (χ4n) is 1.34. The average Bonchev–Trinajstić information content (AvgIpc) is 2.37. The number of ether oxygens (including phenoxy) is 2. The molecule has 1 aromatic rings. The largest absolute Gasteiger partial charge is 0.493 e.